The normalized spacial score (nSPS) is 14.3. The molecule has 2 heteroatoms. The van der Waals surface area contributed by atoms with Crippen LogP contribution in [-0.4, -0.2) is 25.3 Å². The van der Waals surface area contributed by atoms with Gasteiger partial charge in [0.1, 0.15) is 0 Å². The standard InChI is InChI=1S/C17H29NO/c1-5-9-17(19-7-3)16(18-6-2)13-15-11-8-10-14(4)12-15/h8,10-12,16-18H,5-7,9,13H2,1-4H3. The molecule has 0 aromatic heterocycles. The molecule has 0 aliphatic rings. The Bertz CT molecular complexity index is 345. The van der Waals surface area contributed by atoms with Crippen molar-refractivity contribution in [3.63, 3.8) is 0 Å². The van der Waals surface area contributed by atoms with Crippen LogP contribution in [0.2, 0.25) is 0 Å². The average Bonchev–Trinajstić information content (AvgIpc) is 2.38. The number of likely N-dealkylation sites (N-methyl/N-ethyl adjacent to an activating group) is 1. The second-order valence-electron chi connectivity index (χ2n) is 5.14. The second kappa shape index (κ2) is 9.11. The van der Waals surface area contributed by atoms with E-state index in [2.05, 4.69) is 57.3 Å². The van der Waals surface area contributed by atoms with E-state index in [1.807, 2.05) is 0 Å². The molecule has 0 bridgehead atoms. The molecule has 2 unspecified atom stereocenters. The third-order valence-corrected chi connectivity index (χ3v) is 3.41. The van der Waals surface area contributed by atoms with Crippen molar-refractivity contribution in [3.05, 3.63) is 35.4 Å². The fourth-order valence-corrected chi connectivity index (χ4v) is 2.59. The van der Waals surface area contributed by atoms with E-state index in [4.69, 9.17) is 4.74 Å². The predicted octanol–water partition coefficient (Wildman–Crippen LogP) is 3.72. The summed E-state index contributed by atoms with van der Waals surface area (Å²) in [5.41, 5.74) is 2.72. The fraction of sp³-hybridized carbons (Fsp3) is 0.647. The van der Waals surface area contributed by atoms with E-state index in [1.54, 1.807) is 0 Å². The Morgan fingerprint density at radius 3 is 2.58 bits per heavy atom. The van der Waals surface area contributed by atoms with Gasteiger partial charge in [-0.25, -0.2) is 0 Å². The smallest absolute Gasteiger partial charge is 0.0731 e. The Hall–Kier alpha value is -0.860. The molecule has 2 nitrogen and oxygen atoms in total. The van der Waals surface area contributed by atoms with Crippen molar-refractivity contribution < 1.29 is 4.74 Å². The zero-order chi connectivity index (χ0) is 14.1. The van der Waals surface area contributed by atoms with Crippen LogP contribution in [0.1, 0.15) is 44.7 Å². The minimum absolute atomic E-state index is 0.315. The highest BCUT2D eigenvalue weighted by molar-refractivity contribution is 5.23. The van der Waals surface area contributed by atoms with E-state index in [0.717, 1.165) is 26.0 Å². The third kappa shape index (κ3) is 5.75. The van der Waals surface area contributed by atoms with Crippen LogP contribution in [0.4, 0.5) is 0 Å². The number of nitrogens with one attached hydrogen (secondary N) is 1. The number of aryl methyl sites for hydroxylation is 1. The molecule has 1 aromatic rings. The molecule has 1 aromatic carbocycles. The highest BCUT2D eigenvalue weighted by Crippen LogP contribution is 2.14. The summed E-state index contributed by atoms with van der Waals surface area (Å²) >= 11 is 0. The van der Waals surface area contributed by atoms with Gasteiger partial charge in [-0.05, 0) is 38.8 Å². The van der Waals surface area contributed by atoms with Gasteiger partial charge >= 0.3 is 0 Å². The first-order chi connectivity index (χ1) is 9.21. The van der Waals surface area contributed by atoms with E-state index in [1.165, 1.54) is 17.5 Å². The first-order valence-corrected chi connectivity index (χ1v) is 7.61. The molecule has 19 heavy (non-hydrogen) atoms. The zero-order valence-corrected chi connectivity index (χ0v) is 12.9. The van der Waals surface area contributed by atoms with Crippen molar-refractivity contribution >= 4 is 0 Å². The van der Waals surface area contributed by atoms with Crippen LogP contribution >= 0.6 is 0 Å². The van der Waals surface area contributed by atoms with Gasteiger partial charge in [-0.3, -0.25) is 0 Å². The molecule has 108 valence electrons. The lowest BCUT2D eigenvalue weighted by Crippen LogP contribution is -2.43. The van der Waals surface area contributed by atoms with Crippen molar-refractivity contribution in [2.45, 2.75) is 59.1 Å². The molecule has 0 radical (unpaired) electrons. The Balaban J connectivity index is 2.74. The molecule has 2 atom stereocenters. The lowest BCUT2D eigenvalue weighted by atomic mass is 9.97. The minimum atomic E-state index is 0.315. The largest absolute Gasteiger partial charge is 0.377 e. The van der Waals surface area contributed by atoms with Crippen LogP contribution < -0.4 is 5.32 Å². The number of benzene rings is 1. The number of hydrogen-bond donors (Lipinski definition) is 1. The van der Waals surface area contributed by atoms with Crippen LogP contribution in [0.3, 0.4) is 0 Å². The summed E-state index contributed by atoms with van der Waals surface area (Å²) in [4.78, 5) is 0. The highest BCUT2D eigenvalue weighted by Gasteiger charge is 2.20. The van der Waals surface area contributed by atoms with Crippen molar-refractivity contribution in [2.75, 3.05) is 13.2 Å². The summed E-state index contributed by atoms with van der Waals surface area (Å²) in [5.74, 6) is 0. The molecule has 0 fully saturated rings. The molecule has 1 rings (SSSR count). The molecular formula is C17H29NO. The summed E-state index contributed by atoms with van der Waals surface area (Å²) in [6, 6.07) is 9.19. The maximum atomic E-state index is 5.94. The van der Waals surface area contributed by atoms with Gasteiger partial charge in [0.2, 0.25) is 0 Å². The molecule has 0 spiro atoms. The molecular weight excluding hydrogens is 234 g/mol. The zero-order valence-electron chi connectivity index (χ0n) is 12.9. The summed E-state index contributed by atoms with van der Waals surface area (Å²) in [6.07, 6.45) is 3.65. The van der Waals surface area contributed by atoms with E-state index >= 15 is 0 Å². The van der Waals surface area contributed by atoms with Crippen LogP contribution in [0, 0.1) is 6.92 Å². The Labute approximate surface area is 118 Å². The van der Waals surface area contributed by atoms with Gasteiger partial charge in [-0.1, -0.05) is 50.1 Å². The molecule has 0 saturated carbocycles. The van der Waals surface area contributed by atoms with Gasteiger partial charge in [-0.2, -0.15) is 0 Å². The SMILES string of the molecule is CCCC(OCC)C(Cc1cccc(C)c1)NCC. The average molecular weight is 263 g/mol. The minimum Gasteiger partial charge on any atom is -0.377 e. The van der Waals surface area contributed by atoms with E-state index in [0.29, 0.717) is 12.1 Å². The number of ether oxygens (including phenoxy) is 1. The predicted molar refractivity (Wildman–Crippen MR) is 82.7 cm³/mol. The van der Waals surface area contributed by atoms with Crippen molar-refractivity contribution in [3.8, 4) is 0 Å². The lowest BCUT2D eigenvalue weighted by molar-refractivity contribution is 0.0285. The van der Waals surface area contributed by atoms with E-state index in [-0.39, 0.29) is 0 Å². The third-order valence-electron chi connectivity index (χ3n) is 3.41. The molecule has 0 amide bonds. The number of hydrogen-bond acceptors (Lipinski definition) is 2. The summed E-state index contributed by atoms with van der Waals surface area (Å²) in [7, 11) is 0. The van der Waals surface area contributed by atoms with Gasteiger partial charge in [-0.15, -0.1) is 0 Å². The maximum absolute atomic E-state index is 5.94. The molecule has 0 saturated heterocycles. The Morgan fingerprint density at radius 2 is 2.00 bits per heavy atom. The van der Waals surface area contributed by atoms with Crippen molar-refractivity contribution in [1.82, 2.24) is 5.32 Å². The van der Waals surface area contributed by atoms with Crippen LogP contribution in [0.15, 0.2) is 24.3 Å². The van der Waals surface area contributed by atoms with Crippen molar-refractivity contribution in [2.24, 2.45) is 0 Å². The van der Waals surface area contributed by atoms with Gasteiger partial charge in [0, 0.05) is 12.6 Å². The molecule has 0 aliphatic heterocycles. The lowest BCUT2D eigenvalue weighted by Gasteiger charge is -2.28. The molecule has 1 N–H and O–H groups in total. The highest BCUT2D eigenvalue weighted by atomic mass is 16.5. The summed E-state index contributed by atoms with van der Waals surface area (Å²) < 4.78 is 5.94. The quantitative estimate of drug-likeness (QED) is 0.733. The summed E-state index contributed by atoms with van der Waals surface area (Å²) in [6.45, 7) is 10.4. The fourth-order valence-electron chi connectivity index (χ4n) is 2.59. The van der Waals surface area contributed by atoms with Gasteiger partial charge in [0.05, 0.1) is 6.10 Å². The first kappa shape index (κ1) is 16.2. The van der Waals surface area contributed by atoms with Gasteiger partial charge in [0.15, 0.2) is 0 Å². The number of rotatable bonds is 9. The molecule has 0 aliphatic carbocycles. The maximum Gasteiger partial charge on any atom is 0.0731 e. The van der Waals surface area contributed by atoms with E-state index in [9.17, 15) is 0 Å². The van der Waals surface area contributed by atoms with Crippen molar-refractivity contribution in [1.29, 1.82) is 0 Å². The summed E-state index contributed by atoms with van der Waals surface area (Å²) in [5, 5.41) is 3.60. The van der Waals surface area contributed by atoms with E-state index < -0.39 is 0 Å². The van der Waals surface area contributed by atoms with Crippen LogP contribution in [-0.2, 0) is 11.2 Å². The van der Waals surface area contributed by atoms with Crippen LogP contribution in [0.5, 0.6) is 0 Å². The topological polar surface area (TPSA) is 21.3 Å². The Kier molecular flexibility index (Phi) is 7.76. The van der Waals surface area contributed by atoms with Crippen LogP contribution in [0.25, 0.3) is 0 Å². The van der Waals surface area contributed by atoms with Gasteiger partial charge in [0.25, 0.3) is 0 Å². The molecule has 0 heterocycles. The van der Waals surface area contributed by atoms with Gasteiger partial charge < -0.3 is 10.1 Å². The monoisotopic (exact) mass is 263 g/mol. The first-order valence-electron chi connectivity index (χ1n) is 7.61. The Morgan fingerprint density at radius 1 is 1.21 bits per heavy atom. The second-order valence-corrected chi connectivity index (χ2v) is 5.14.